The Balaban J connectivity index is 1.64. The first-order valence-corrected chi connectivity index (χ1v) is 11.9. The lowest BCUT2D eigenvalue weighted by molar-refractivity contribution is 0.0702. The predicted molar refractivity (Wildman–Crippen MR) is 107 cm³/mol. The van der Waals surface area contributed by atoms with Crippen molar-refractivity contribution >= 4 is 56.1 Å². The highest BCUT2D eigenvalue weighted by Crippen LogP contribution is 2.30. The Hall–Kier alpha value is -1.88. The molecule has 10 heteroatoms. The molecule has 0 bridgehead atoms. The SMILES string of the molecule is CS(=O)(=O)Nc1ccc(-c2csc(CSc3csc(C(=O)O)c3)n2)cc1. The lowest BCUT2D eigenvalue weighted by atomic mass is 10.1. The number of thiophene rings is 1. The zero-order valence-corrected chi connectivity index (χ0v) is 16.8. The molecule has 0 spiro atoms. The van der Waals surface area contributed by atoms with Crippen molar-refractivity contribution in [3.05, 3.63) is 51.0 Å². The topological polar surface area (TPSA) is 96.4 Å². The molecule has 3 rings (SSSR count). The molecule has 2 aromatic heterocycles. The fourth-order valence-corrected chi connectivity index (χ4v) is 5.34. The Kier molecular flexibility index (Phi) is 5.66. The maximum Gasteiger partial charge on any atom is 0.345 e. The van der Waals surface area contributed by atoms with Gasteiger partial charge in [-0.05, 0) is 18.2 Å². The van der Waals surface area contributed by atoms with Crippen LogP contribution >= 0.6 is 34.4 Å². The zero-order valence-electron chi connectivity index (χ0n) is 13.5. The second-order valence-corrected chi connectivity index (χ2v) is 9.97. The highest BCUT2D eigenvalue weighted by Gasteiger charge is 2.10. The second-order valence-electron chi connectivity index (χ2n) is 5.32. The molecule has 2 N–H and O–H groups in total. The Morgan fingerprint density at radius 1 is 1.23 bits per heavy atom. The van der Waals surface area contributed by atoms with E-state index >= 15 is 0 Å². The Morgan fingerprint density at radius 2 is 1.96 bits per heavy atom. The number of thioether (sulfide) groups is 1. The number of carboxylic acids is 1. The first kappa shape index (κ1) is 18.9. The number of aromatic nitrogens is 1. The molecule has 0 aliphatic heterocycles. The molecular weight excluding hydrogens is 412 g/mol. The number of carbonyl (C=O) groups is 1. The third kappa shape index (κ3) is 5.07. The number of nitrogens with zero attached hydrogens (tertiary/aromatic N) is 1. The van der Waals surface area contributed by atoms with E-state index < -0.39 is 16.0 Å². The molecule has 0 amide bonds. The first-order valence-electron chi connectivity index (χ1n) is 7.27. The minimum absolute atomic E-state index is 0.329. The van der Waals surface area contributed by atoms with Crippen LogP contribution in [0.25, 0.3) is 11.3 Å². The first-order chi connectivity index (χ1) is 12.3. The van der Waals surface area contributed by atoms with E-state index in [4.69, 9.17) is 5.11 Å². The van der Waals surface area contributed by atoms with Crippen LogP contribution in [0, 0.1) is 0 Å². The van der Waals surface area contributed by atoms with E-state index in [0.717, 1.165) is 27.4 Å². The number of carboxylic acid groups (broad SMARTS) is 1. The second kappa shape index (κ2) is 7.78. The van der Waals surface area contributed by atoms with Gasteiger partial charge in [0.1, 0.15) is 9.88 Å². The number of hydrogen-bond donors (Lipinski definition) is 2. The van der Waals surface area contributed by atoms with Crippen molar-refractivity contribution in [2.75, 3.05) is 11.0 Å². The third-order valence-electron chi connectivity index (χ3n) is 3.18. The van der Waals surface area contributed by atoms with Gasteiger partial charge in [0.25, 0.3) is 0 Å². The summed E-state index contributed by atoms with van der Waals surface area (Å²) in [5, 5.41) is 13.7. The van der Waals surface area contributed by atoms with Gasteiger partial charge < -0.3 is 5.11 Å². The van der Waals surface area contributed by atoms with E-state index in [1.165, 1.54) is 22.7 Å². The van der Waals surface area contributed by atoms with E-state index in [2.05, 4.69) is 9.71 Å². The van der Waals surface area contributed by atoms with E-state index in [-0.39, 0.29) is 0 Å². The van der Waals surface area contributed by atoms with Crippen molar-refractivity contribution < 1.29 is 18.3 Å². The summed E-state index contributed by atoms with van der Waals surface area (Å²) >= 11 is 4.30. The number of thiazole rings is 1. The van der Waals surface area contributed by atoms with E-state index in [1.807, 2.05) is 22.9 Å². The average Bonchev–Trinajstić information content (AvgIpc) is 3.22. The normalized spacial score (nSPS) is 11.4. The van der Waals surface area contributed by atoms with Crippen LogP contribution in [0.4, 0.5) is 5.69 Å². The summed E-state index contributed by atoms with van der Waals surface area (Å²) in [7, 11) is -3.29. The van der Waals surface area contributed by atoms with Crippen LogP contribution in [-0.2, 0) is 15.8 Å². The lowest BCUT2D eigenvalue weighted by Crippen LogP contribution is -2.09. The molecule has 0 radical (unpaired) electrons. The maximum absolute atomic E-state index is 11.2. The van der Waals surface area contributed by atoms with Crippen molar-refractivity contribution in [2.24, 2.45) is 0 Å². The molecule has 136 valence electrons. The minimum Gasteiger partial charge on any atom is -0.477 e. The number of benzene rings is 1. The number of sulfonamides is 1. The molecule has 0 unspecified atom stereocenters. The van der Waals surface area contributed by atoms with Crippen molar-refractivity contribution in [1.29, 1.82) is 0 Å². The molecule has 1 aromatic carbocycles. The van der Waals surface area contributed by atoms with Crippen molar-refractivity contribution in [3.63, 3.8) is 0 Å². The lowest BCUT2D eigenvalue weighted by Gasteiger charge is -2.04. The largest absolute Gasteiger partial charge is 0.477 e. The van der Waals surface area contributed by atoms with Gasteiger partial charge >= 0.3 is 5.97 Å². The number of hydrogen-bond acceptors (Lipinski definition) is 7. The fraction of sp³-hybridized carbons (Fsp3) is 0.125. The maximum atomic E-state index is 11.2. The van der Waals surface area contributed by atoms with Gasteiger partial charge in [-0.15, -0.1) is 34.4 Å². The summed E-state index contributed by atoms with van der Waals surface area (Å²) in [6.45, 7) is 0. The van der Waals surface area contributed by atoms with Gasteiger partial charge in [-0.25, -0.2) is 18.2 Å². The predicted octanol–water partition coefficient (Wildman–Crippen LogP) is 4.23. The summed E-state index contributed by atoms with van der Waals surface area (Å²) < 4.78 is 24.9. The van der Waals surface area contributed by atoms with E-state index in [1.54, 1.807) is 30.0 Å². The summed E-state index contributed by atoms with van der Waals surface area (Å²) in [5.74, 6) is -0.249. The van der Waals surface area contributed by atoms with Crippen molar-refractivity contribution in [2.45, 2.75) is 10.6 Å². The van der Waals surface area contributed by atoms with Gasteiger partial charge in [-0.2, -0.15) is 0 Å². The average molecular weight is 427 g/mol. The summed E-state index contributed by atoms with van der Waals surface area (Å²) in [6, 6.07) is 8.70. The third-order valence-corrected chi connectivity index (χ3v) is 6.88. The van der Waals surface area contributed by atoms with Crippen LogP contribution in [0.2, 0.25) is 0 Å². The van der Waals surface area contributed by atoms with Crippen LogP contribution in [0.3, 0.4) is 0 Å². The molecule has 0 fully saturated rings. The summed E-state index contributed by atoms with van der Waals surface area (Å²) in [5.41, 5.74) is 2.24. The molecule has 26 heavy (non-hydrogen) atoms. The standard InChI is InChI=1S/C16H14N2O4S4/c1-26(21,22)18-11-4-2-10(3-5-11)13-8-25-15(17-13)9-23-12-6-14(16(19)20)24-7-12/h2-8,18H,9H2,1H3,(H,19,20). The number of anilines is 1. The molecule has 3 aromatic rings. The van der Waals surface area contributed by atoms with Crippen molar-refractivity contribution in [3.8, 4) is 11.3 Å². The van der Waals surface area contributed by atoms with Crippen LogP contribution in [0.5, 0.6) is 0 Å². The van der Waals surface area contributed by atoms with Gasteiger partial charge in [0.05, 0.1) is 17.7 Å². The van der Waals surface area contributed by atoms with Gasteiger partial charge in [0, 0.05) is 26.9 Å². The highest BCUT2D eigenvalue weighted by molar-refractivity contribution is 7.98. The Morgan fingerprint density at radius 3 is 2.58 bits per heavy atom. The minimum atomic E-state index is -3.29. The van der Waals surface area contributed by atoms with Gasteiger partial charge in [-0.1, -0.05) is 12.1 Å². The number of rotatable bonds is 7. The molecule has 0 aliphatic carbocycles. The fourth-order valence-electron chi connectivity index (χ4n) is 2.08. The molecule has 0 atom stereocenters. The molecule has 0 saturated heterocycles. The van der Waals surface area contributed by atoms with Gasteiger partial charge in [0.2, 0.25) is 10.0 Å². The number of aromatic carboxylic acids is 1. The molecule has 0 saturated carbocycles. The van der Waals surface area contributed by atoms with Gasteiger partial charge in [-0.3, -0.25) is 4.72 Å². The molecule has 6 nitrogen and oxygen atoms in total. The Labute approximate surface area is 163 Å². The van der Waals surface area contributed by atoms with E-state index in [0.29, 0.717) is 16.3 Å². The molecule has 2 heterocycles. The summed E-state index contributed by atoms with van der Waals surface area (Å²) in [4.78, 5) is 16.7. The van der Waals surface area contributed by atoms with Gasteiger partial charge in [0.15, 0.2) is 0 Å². The van der Waals surface area contributed by atoms with Crippen LogP contribution in [-0.4, -0.2) is 30.7 Å². The molecule has 0 aliphatic rings. The van der Waals surface area contributed by atoms with Crippen LogP contribution in [0.1, 0.15) is 14.7 Å². The van der Waals surface area contributed by atoms with Crippen LogP contribution < -0.4 is 4.72 Å². The van der Waals surface area contributed by atoms with Crippen molar-refractivity contribution in [1.82, 2.24) is 4.98 Å². The quantitative estimate of drug-likeness (QED) is 0.549. The highest BCUT2D eigenvalue weighted by atomic mass is 32.2. The number of nitrogens with one attached hydrogen (secondary N) is 1. The Bertz CT molecular complexity index is 1020. The molecular formula is C16H14N2O4S4. The van der Waals surface area contributed by atoms with E-state index in [9.17, 15) is 13.2 Å². The zero-order chi connectivity index (χ0) is 18.7. The summed E-state index contributed by atoms with van der Waals surface area (Å²) in [6.07, 6.45) is 1.11. The van der Waals surface area contributed by atoms with Crippen LogP contribution in [0.15, 0.2) is 46.0 Å². The monoisotopic (exact) mass is 426 g/mol. The smallest absolute Gasteiger partial charge is 0.345 e.